The van der Waals surface area contributed by atoms with Gasteiger partial charge in [0.15, 0.2) is 0 Å². The van der Waals surface area contributed by atoms with Crippen molar-refractivity contribution in [2.24, 2.45) is 5.92 Å². The van der Waals surface area contributed by atoms with Gasteiger partial charge in [-0.2, -0.15) is 0 Å². The van der Waals surface area contributed by atoms with E-state index in [2.05, 4.69) is 13.8 Å². The van der Waals surface area contributed by atoms with Crippen LogP contribution in [0.4, 0.5) is 0 Å². The van der Waals surface area contributed by atoms with Crippen molar-refractivity contribution in [2.45, 2.75) is 32.1 Å². The number of rotatable bonds is 5. The number of benzene rings is 1. The first-order chi connectivity index (χ1) is 9.11. The number of amides is 1. The maximum atomic E-state index is 12.3. The lowest BCUT2D eigenvalue weighted by Crippen LogP contribution is -2.28. The topological polar surface area (TPSA) is 54.5 Å². The van der Waals surface area contributed by atoms with Gasteiger partial charge in [0.05, 0.1) is 4.90 Å². The molecule has 1 aromatic rings. The van der Waals surface area contributed by atoms with Gasteiger partial charge in [0.1, 0.15) is 0 Å². The van der Waals surface area contributed by atoms with Gasteiger partial charge in [0, 0.05) is 29.8 Å². The Bertz CT molecular complexity index is 596. The van der Waals surface area contributed by atoms with E-state index in [0.29, 0.717) is 23.6 Å². The monoisotopic (exact) mass is 317 g/mol. The number of aryl methyl sites for hydroxylation is 1. The van der Waals surface area contributed by atoms with Crippen LogP contribution in [0.1, 0.15) is 36.2 Å². The minimum atomic E-state index is -3.83. The van der Waals surface area contributed by atoms with E-state index in [9.17, 15) is 13.2 Å². The van der Waals surface area contributed by atoms with Crippen LogP contribution >= 0.6 is 10.7 Å². The molecule has 0 saturated heterocycles. The summed E-state index contributed by atoms with van der Waals surface area (Å²) >= 11 is 0. The van der Waals surface area contributed by atoms with Crippen molar-refractivity contribution < 1.29 is 13.2 Å². The highest BCUT2D eigenvalue weighted by molar-refractivity contribution is 8.13. The smallest absolute Gasteiger partial charge is 0.261 e. The van der Waals surface area contributed by atoms with E-state index >= 15 is 0 Å². The molecule has 1 aromatic carbocycles. The zero-order chi connectivity index (χ0) is 15.5. The summed E-state index contributed by atoms with van der Waals surface area (Å²) in [4.78, 5) is 13.8. The van der Waals surface area contributed by atoms with Crippen molar-refractivity contribution in [3.05, 3.63) is 29.3 Å². The first kappa shape index (κ1) is 17.0. The number of halogens is 1. The summed E-state index contributed by atoms with van der Waals surface area (Å²) in [6.45, 7) is 6.54. The molecule has 20 heavy (non-hydrogen) atoms. The summed E-state index contributed by atoms with van der Waals surface area (Å²) in [5, 5.41) is 0. The van der Waals surface area contributed by atoms with E-state index in [4.69, 9.17) is 10.7 Å². The summed E-state index contributed by atoms with van der Waals surface area (Å²) in [6, 6.07) is 4.44. The van der Waals surface area contributed by atoms with Crippen LogP contribution in [0.3, 0.4) is 0 Å². The van der Waals surface area contributed by atoms with E-state index < -0.39 is 9.05 Å². The van der Waals surface area contributed by atoms with Gasteiger partial charge in [-0.3, -0.25) is 4.79 Å². The molecule has 0 spiro atoms. The fourth-order valence-electron chi connectivity index (χ4n) is 1.79. The van der Waals surface area contributed by atoms with Crippen LogP contribution in [0, 0.1) is 12.8 Å². The Hall–Kier alpha value is -1.07. The quantitative estimate of drug-likeness (QED) is 0.784. The van der Waals surface area contributed by atoms with Gasteiger partial charge >= 0.3 is 0 Å². The first-order valence-electron chi connectivity index (χ1n) is 6.43. The van der Waals surface area contributed by atoms with Crippen LogP contribution in [-0.2, 0) is 9.05 Å². The predicted molar refractivity (Wildman–Crippen MR) is 80.6 cm³/mol. The standard InChI is InChI=1S/C14H20ClNO3S/c1-10(2)5-6-16(4)14(17)12-7-11(3)8-13(9-12)20(15,18)19/h7-10H,5-6H2,1-4H3. The Kier molecular flexibility index (Phi) is 5.59. The lowest BCUT2D eigenvalue weighted by molar-refractivity contribution is 0.0789. The van der Waals surface area contributed by atoms with E-state index in [1.54, 1.807) is 24.9 Å². The Morgan fingerprint density at radius 2 is 1.90 bits per heavy atom. The molecule has 1 rings (SSSR count). The second kappa shape index (κ2) is 6.59. The second-order valence-corrected chi connectivity index (χ2v) is 7.95. The number of hydrogen-bond donors (Lipinski definition) is 0. The van der Waals surface area contributed by atoms with Crippen LogP contribution in [0.2, 0.25) is 0 Å². The lowest BCUT2D eigenvalue weighted by atomic mass is 10.1. The molecule has 0 atom stereocenters. The third kappa shape index (κ3) is 4.80. The minimum Gasteiger partial charge on any atom is -0.342 e. The Morgan fingerprint density at radius 1 is 1.30 bits per heavy atom. The molecule has 0 bridgehead atoms. The number of nitrogens with zero attached hydrogens (tertiary/aromatic N) is 1. The number of carbonyl (C=O) groups excluding carboxylic acids is 1. The molecule has 0 aromatic heterocycles. The molecule has 4 nitrogen and oxygen atoms in total. The number of hydrogen-bond acceptors (Lipinski definition) is 3. The predicted octanol–water partition coefficient (Wildman–Crippen LogP) is 3.04. The fourth-order valence-corrected chi connectivity index (χ4v) is 2.65. The summed E-state index contributed by atoms with van der Waals surface area (Å²) < 4.78 is 22.8. The van der Waals surface area contributed by atoms with E-state index in [-0.39, 0.29) is 10.8 Å². The molecule has 0 aliphatic heterocycles. The number of carbonyl (C=O) groups is 1. The molecule has 0 unspecified atom stereocenters. The van der Waals surface area contributed by atoms with Gasteiger partial charge in [-0.25, -0.2) is 8.42 Å². The molecule has 0 fully saturated rings. The van der Waals surface area contributed by atoms with Crippen molar-refractivity contribution in [2.75, 3.05) is 13.6 Å². The van der Waals surface area contributed by atoms with Crippen LogP contribution in [0.25, 0.3) is 0 Å². The fraction of sp³-hybridized carbons (Fsp3) is 0.500. The minimum absolute atomic E-state index is 0.0419. The molecule has 0 aliphatic rings. The van der Waals surface area contributed by atoms with E-state index in [1.165, 1.54) is 12.1 Å². The maximum Gasteiger partial charge on any atom is 0.261 e. The normalized spacial score (nSPS) is 11.7. The largest absolute Gasteiger partial charge is 0.342 e. The summed E-state index contributed by atoms with van der Waals surface area (Å²) in [5.41, 5.74) is 1.03. The van der Waals surface area contributed by atoms with Gasteiger partial charge in [-0.1, -0.05) is 13.8 Å². The third-order valence-corrected chi connectivity index (χ3v) is 4.30. The molecule has 112 valence electrons. The molecular formula is C14H20ClNO3S. The zero-order valence-electron chi connectivity index (χ0n) is 12.2. The molecule has 1 amide bonds. The SMILES string of the molecule is Cc1cc(C(=O)N(C)CCC(C)C)cc(S(=O)(=O)Cl)c1. The highest BCUT2D eigenvalue weighted by atomic mass is 35.7. The Morgan fingerprint density at radius 3 is 2.40 bits per heavy atom. The molecule has 0 saturated carbocycles. The van der Waals surface area contributed by atoms with E-state index in [0.717, 1.165) is 6.42 Å². The molecule has 6 heteroatoms. The van der Waals surface area contributed by atoms with Gasteiger partial charge in [-0.15, -0.1) is 0 Å². The summed E-state index contributed by atoms with van der Waals surface area (Å²) in [5.74, 6) is 0.303. The van der Waals surface area contributed by atoms with Crippen molar-refractivity contribution in [1.82, 2.24) is 4.90 Å². The Labute approximate surface area is 125 Å². The van der Waals surface area contributed by atoms with Crippen LogP contribution in [-0.4, -0.2) is 32.8 Å². The molecule has 0 aliphatic carbocycles. The zero-order valence-corrected chi connectivity index (χ0v) is 13.8. The van der Waals surface area contributed by atoms with E-state index in [1.807, 2.05) is 0 Å². The van der Waals surface area contributed by atoms with Gasteiger partial charge in [-0.05, 0) is 43.0 Å². The average Bonchev–Trinajstić information content (AvgIpc) is 2.33. The molecule has 0 heterocycles. The third-order valence-electron chi connectivity index (χ3n) is 2.97. The Balaban J connectivity index is 3.02. The lowest BCUT2D eigenvalue weighted by Gasteiger charge is -2.19. The van der Waals surface area contributed by atoms with Crippen LogP contribution < -0.4 is 0 Å². The highest BCUT2D eigenvalue weighted by Gasteiger charge is 2.17. The van der Waals surface area contributed by atoms with Crippen molar-refractivity contribution in [3.63, 3.8) is 0 Å². The highest BCUT2D eigenvalue weighted by Crippen LogP contribution is 2.19. The second-order valence-electron chi connectivity index (χ2n) is 5.38. The average molecular weight is 318 g/mol. The molecular weight excluding hydrogens is 298 g/mol. The van der Waals surface area contributed by atoms with Crippen LogP contribution in [0.5, 0.6) is 0 Å². The van der Waals surface area contributed by atoms with Gasteiger partial charge < -0.3 is 4.90 Å². The summed E-state index contributed by atoms with van der Waals surface area (Å²) in [7, 11) is 3.22. The van der Waals surface area contributed by atoms with Crippen molar-refractivity contribution >= 4 is 25.6 Å². The van der Waals surface area contributed by atoms with Crippen molar-refractivity contribution in [3.8, 4) is 0 Å². The first-order valence-corrected chi connectivity index (χ1v) is 8.74. The summed E-state index contributed by atoms with van der Waals surface area (Å²) in [6.07, 6.45) is 0.898. The molecule has 0 N–H and O–H groups in total. The van der Waals surface area contributed by atoms with Gasteiger partial charge in [0.2, 0.25) is 0 Å². The van der Waals surface area contributed by atoms with Crippen LogP contribution in [0.15, 0.2) is 23.1 Å². The maximum absolute atomic E-state index is 12.3. The van der Waals surface area contributed by atoms with Crippen molar-refractivity contribution in [1.29, 1.82) is 0 Å². The molecule has 0 radical (unpaired) electrons. The van der Waals surface area contributed by atoms with Gasteiger partial charge in [0.25, 0.3) is 15.0 Å².